The minimum atomic E-state index is -0.478. The van der Waals surface area contributed by atoms with E-state index in [0.29, 0.717) is 41.8 Å². The number of amides is 1. The number of nitrogens with zero attached hydrogens (tertiary/aromatic N) is 2. The number of methoxy groups -OCH3 is 1. The molecule has 1 amide bonds. The predicted octanol–water partition coefficient (Wildman–Crippen LogP) is 4.68. The maximum Gasteiger partial charge on any atom is 0.255 e. The molecule has 4 bridgehead atoms. The summed E-state index contributed by atoms with van der Waals surface area (Å²) in [4.78, 5) is 23.7. The molecule has 9 heteroatoms. The van der Waals surface area contributed by atoms with E-state index in [1.807, 2.05) is 6.07 Å². The van der Waals surface area contributed by atoms with Crippen molar-refractivity contribution in [3.8, 4) is 22.8 Å². The molecule has 6 heterocycles. The van der Waals surface area contributed by atoms with Gasteiger partial charge in [0.15, 0.2) is 11.6 Å². The number of rotatable bonds is 3. The van der Waals surface area contributed by atoms with Gasteiger partial charge < -0.3 is 30.0 Å². The van der Waals surface area contributed by atoms with Crippen LogP contribution in [-0.4, -0.2) is 60.7 Å². The lowest BCUT2D eigenvalue weighted by atomic mass is 9.91. The minimum Gasteiger partial charge on any atom is -0.492 e. The number of halogens is 1. The number of aromatic amines is 1. The number of carbonyl (C=O) groups excluding carboxylic acids is 1. The Morgan fingerprint density at radius 1 is 1.19 bits per heavy atom. The van der Waals surface area contributed by atoms with Crippen LogP contribution in [-0.2, 0) is 0 Å². The van der Waals surface area contributed by atoms with Crippen molar-refractivity contribution >= 4 is 17.3 Å². The quantitative estimate of drug-likeness (QED) is 0.479. The molecule has 0 radical (unpaired) electrons. The first kappa shape index (κ1) is 23.8. The molecule has 4 aliphatic heterocycles. The highest BCUT2D eigenvalue weighted by molar-refractivity contribution is 6.07. The van der Waals surface area contributed by atoms with Crippen molar-refractivity contribution in [2.75, 3.05) is 45.2 Å². The van der Waals surface area contributed by atoms with Gasteiger partial charge in [-0.3, -0.25) is 9.78 Å². The molecule has 3 aromatic rings. The van der Waals surface area contributed by atoms with Crippen molar-refractivity contribution in [3.63, 3.8) is 0 Å². The molecule has 0 aliphatic carbocycles. The van der Waals surface area contributed by atoms with E-state index < -0.39 is 5.82 Å². The zero-order chi connectivity index (χ0) is 25.4. The van der Waals surface area contributed by atoms with Crippen LogP contribution in [0.1, 0.15) is 47.7 Å². The molecule has 1 saturated heterocycles. The third-order valence-corrected chi connectivity index (χ3v) is 7.87. The lowest BCUT2D eigenvalue weighted by Gasteiger charge is -2.32. The van der Waals surface area contributed by atoms with E-state index in [0.717, 1.165) is 62.3 Å². The normalized spacial score (nSPS) is 23.2. The molecule has 37 heavy (non-hydrogen) atoms. The fraction of sp³-hybridized carbons (Fsp3) is 0.429. The summed E-state index contributed by atoms with van der Waals surface area (Å²) in [6.45, 7) is 4.44. The summed E-state index contributed by atoms with van der Waals surface area (Å²) in [6, 6.07) is 6.60. The van der Waals surface area contributed by atoms with Crippen molar-refractivity contribution < 1.29 is 18.7 Å². The summed E-state index contributed by atoms with van der Waals surface area (Å²) in [7, 11) is 1.43. The molecule has 4 aliphatic rings. The molecule has 3 N–H and O–H groups in total. The monoisotopic (exact) mass is 505 g/mol. The number of piperidine rings is 1. The molecule has 0 saturated carbocycles. The summed E-state index contributed by atoms with van der Waals surface area (Å²) < 4.78 is 26.3. The van der Waals surface area contributed by atoms with Gasteiger partial charge in [-0.15, -0.1) is 0 Å². The Labute approximate surface area is 215 Å². The second-order valence-corrected chi connectivity index (χ2v) is 10.1. The highest BCUT2D eigenvalue weighted by Gasteiger charge is 2.34. The van der Waals surface area contributed by atoms with Crippen LogP contribution in [0.15, 0.2) is 36.7 Å². The van der Waals surface area contributed by atoms with Crippen molar-refractivity contribution in [1.29, 1.82) is 0 Å². The molecule has 2 aromatic heterocycles. The van der Waals surface area contributed by atoms with Crippen LogP contribution < -0.4 is 20.1 Å². The van der Waals surface area contributed by atoms with Crippen LogP contribution >= 0.6 is 0 Å². The number of carbonyl (C=O) groups is 1. The highest BCUT2D eigenvalue weighted by Crippen LogP contribution is 2.44. The van der Waals surface area contributed by atoms with E-state index in [4.69, 9.17) is 9.47 Å². The summed E-state index contributed by atoms with van der Waals surface area (Å²) >= 11 is 0. The summed E-state index contributed by atoms with van der Waals surface area (Å²) in [6.07, 6.45) is 7.70. The Morgan fingerprint density at radius 3 is 2.89 bits per heavy atom. The number of ether oxygens (including phenoxy) is 2. The van der Waals surface area contributed by atoms with Gasteiger partial charge in [0.25, 0.3) is 5.91 Å². The molecule has 7 rings (SSSR count). The van der Waals surface area contributed by atoms with E-state index in [1.54, 1.807) is 24.5 Å². The Morgan fingerprint density at radius 2 is 2.05 bits per heavy atom. The zero-order valence-electron chi connectivity index (χ0n) is 21.0. The van der Waals surface area contributed by atoms with E-state index in [2.05, 4.69) is 25.5 Å². The minimum absolute atomic E-state index is 0.0922. The second-order valence-electron chi connectivity index (χ2n) is 10.1. The van der Waals surface area contributed by atoms with Gasteiger partial charge in [0.05, 0.1) is 42.5 Å². The molecule has 0 spiro atoms. The molecule has 8 nitrogen and oxygen atoms in total. The van der Waals surface area contributed by atoms with Gasteiger partial charge >= 0.3 is 0 Å². The van der Waals surface area contributed by atoms with Crippen molar-refractivity contribution in [3.05, 3.63) is 53.7 Å². The fourth-order valence-electron chi connectivity index (χ4n) is 5.84. The third kappa shape index (κ3) is 4.52. The van der Waals surface area contributed by atoms with E-state index in [9.17, 15) is 9.18 Å². The molecule has 1 unspecified atom stereocenters. The smallest absolute Gasteiger partial charge is 0.255 e. The molecule has 1 fully saturated rings. The van der Waals surface area contributed by atoms with Crippen molar-refractivity contribution in [2.45, 2.75) is 31.6 Å². The number of fused-ring (bicyclic) bond motifs is 5. The standard InChI is InChI=1S/C28H32FN5O3/c1-36-27-20(29)5-2-6-21(27)32-26-23-24-18(14-31-28(23)35)4-3-11-34-12-8-17(9-13-34)16-37-22-15-30-10-7-19(22)25(26)33-24/h2,5-7,10,15,17-18,32-33H,3-4,8-9,11-14,16H2,1H3,(H,31,35). The van der Waals surface area contributed by atoms with Crippen molar-refractivity contribution in [1.82, 2.24) is 20.2 Å². The average Bonchev–Trinajstić information content (AvgIpc) is 3.29. The topological polar surface area (TPSA) is 91.5 Å². The maximum absolute atomic E-state index is 14.6. The number of anilines is 2. The van der Waals surface area contributed by atoms with Gasteiger partial charge in [-0.25, -0.2) is 4.39 Å². The Hall–Kier alpha value is -3.59. The van der Waals surface area contributed by atoms with Crippen LogP contribution in [0.25, 0.3) is 11.3 Å². The summed E-state index contributed by atoms with van der Waals surface area (Å²) in [5.41, 5.74) is 3.99. The van der Waals surface area contributed by atoms with E-state index in [-0.39, 0.29) is 17.6 Å². The predicted molar refractivity (Wildman–Crippen MR) is 139 cm³/mol. The first-order valence-electron chi connectivity index (χ1n) is 13.1. The number of H-pyrrole nitrogens is 1. The van der Waals surface area contributed by atoms with Crippen LogP contribution in [0.3, 0.4) is 0 Å². The van der Waals surface area contributed by atoms with E-state index in [1.165, 1.54) is 13.2 Å². The number of para-hydroxylation sites is 1. The number of hydrogen-bond acceptors (Lipinski definition) is 6. The fourth-order valence-corrected chi connectivity index (χ4v) is 5.84. The SMILES string of the molecule is COc1c(F)cccc1Nc1c2[nH]c3c1C(=O)NCC3CCCN1CCC(CC1)COc1cnccc1-2. The van der Waals surface area contributed by atoms with Crippen LogP contribution in [0.2, 0.25) is 0 Å². The Kier molecular flexibility index (Phi) is 6.46. The molecule has 194 valence electrons. The average molecular weight is 506 g/mol. The van der Waals surface area contributed by atoms with Crippen LogP contribution in [0.5, 0.6) is 11.5 Å². The Bertz CT molecular complexity index is 1300. The lowest BCUT2D eigenvalue weighted by molar-refractivity contribution is 0.0939. The first-order chi connectivity index (χ1) is 18.1. The molecule has 1 aromatic carbocycles. The number of pyridine rings is 1. The molecule has 1 atom stereocenters. The first-order valence-corrected chi connectivity index (χ1v) is 13.1. The number of aromatic nitrogens is 2. The summed E-state index contributed by atoms with van der Waals surface area (Å²) in [5.74, 6) is 0.750. The second kappa shape index (κ2) is 10.0. The largest absolute Gasteiger partial charge is 0.492 e. The van der Waals surface area contributed by atoms with Gasteiger partial charge in [-0.1, -0.05) is 6.07 Å². The third-order valence-electron chi connectivity index (χ3n) is 7.87. The van der Waals surface area contributed by atoms with Gasteiger partial charge in [0, 0.05) is 29.9 Å². The lowest BCUT2D eigenvalue weighted by Crippen LogP contribution is -2.37. The van der Waals surface area contributed by atoms with Crippen LogP contribution in [0, 0.1) is 11.7 Å². The van der Waals surface area contributed by atoms with Gasteiger partial charge in [0.2, 0.25) is 0 Å². The maximum atomic E-state index is 14.6. The highest BCUT2D eigenvalue weighted by atomic mass is 19.1. The number of benzene rings is 1. The number of nitrogens with one attached hydrogen (secondary N) is 3. The summed E-state index contributed by atoms with van der Waals surface area (Å²) in [5, 5.41) is 6.42. The van der Waals surface area contributed by atoms with Gasteiger partial charge in [0.1, 0.15) is 5.75 Å². The molecular weight excluding hydrogens is 473 g/mol. The zero-order valence-corrected chi connectivity index (χ0v) is 21.0. The van der Waals surface area contributed by atoms with Crippen molar-refractivity contribution in [2.24, 2.45) is 5.92 Å². The number of hydrogen-bond donors (Lipinski definition) is 3. The van der Waals surface area contributed by atoms with Crippen LogP contribution in [0.4, 0.5) is 15.8 Å². The van der Waals surface area contributed by atoms with E-state index >= 15 is 0 Å². The van der Waals surface area contributed by atoms with Gasteiger partial charge in [-0.05, 0) is 69.4 Å². The Balaban J connectivity index is 1.50. The molecular formula is C28H32FN5O3. The van der Waals surface area contributed by atoms with Gasteiger partial charge in [-0.2, -0.15) is 0 Å².